The molecule has 170 valence electrons. The standard InChI is InChI=1S/C22H26ClN5O4/c1-15(2)14-24-21(29)19-8-3-16(13-20(19)23)25-22(30)27-11-9-26(10-12-27)17-4-6-18(7-5-17)28(31)32/h3-8,13,15H,9-12,14H2,1-2H3,(H,24,29)(H,25,30). The number of benzene rings is 2. The highest BCUT2D eigenvalue weighted by atomic mass is 35.5. The number of non-ortho nitro benzene ring substituents is 1. The third-order valence-corrected chi connectivity index (χ3v) is 5.44. The van der Waals surface area contributed by atoms with Crippen LogP contribution in [-0.4, -0.2) is 54.5 Å². The number of anilines is 2. The average Bonchev–Trinajstić information content (AvgIpc) is 2.77. The third-order valence-electron chi connectivity index (χ3n) is 5.13. The summed E-state index contributed by atoms with van der Waals surface area (Å²) in [4.78, 5) is 39.0. The molecule has 2 N–H and O–H groups in total. The molecule has 1 aliphatic heterocycles. The van der Waals surface area contributed by atoms with Gasteiger partial charge in [0.25, 0.3) is 11.6 Å². The average molecular weight is 460 g/mol. The molecule has 9 nitrogen and oxygen atoms in total. The molecular formula is C22H26ClN5O4. The lowest BCUT2D eigenvalue weighted by atomic mass is 10.1. The van der Waals surface area contributed by atoms with E-state index in [1.807, 2.05) is 13.8 Å². The predicted octanol–water partition coefficient (Wildman–Crippen LogP) is 3.99. The van der Waals surface area contributed by atoms with E-state index in [0.717, 1.165) is 5.69 Å². The van der Waals surface area contributed by atoms with E-state index in [1.54, 1.807) is 35.2 Å². The van der Waals surface area contributed by atoms with Crippen molar-refractivity contribution in [1.82, 2.24) is 10.2 Å². The number of hydrogen-bond donors (Lipinski definition) is 2. The molecule has 0 bridgehead atoms. The third kappa shape index (κ3) is 5.88. The van der Waals surface area contributed by atoms with Crippen LogP contribution in [0.5, 0.6) is 0 Å². The van der Waals surface area contributed by atoms with Gasteiger partial charge in [-0.25, -0.2) is 4.79 Å². The van der Waals surface area contributed by atoms with Crippen molar-refractivity contribution in [3.05, 3.63) is 63.2 Å². The molecule has 1 heterocycles. The van der Waals surface area contributed by atoms with E-state index in [1.165, 1.54) is 12.1 Å². The van der Waals surface area contributed by atoms with Gasteiger partial charge in [-0.15, -0.1) is 0 Å². The van der Waals surface area contributed by atoms with Crippen LogP contribution in [0.15, 0.2) is 42.5 Å². The molecule has 1 aliphatic rings. The second-order valence-electron chi connectivity index (χ2n) is 7.98. The van der Waals surface area contributed by atoms with Crippen LogP contribution in [0.1, 0.15) is 24.2 Å². The zero-order chi connectivity index (χ0) is 23.3. The lowest BCUT2D eigenvalue weighted by Crippen LogP contribution is -2.50. The number of amides is 3. The number of rotatable bonds is 6. The molecule has 0 radical (unpaired) electrons. The molecule has 0 saturated carbocycles. The summed E-state index contributed by atoms with van der Waals surface area (Å²) in [5.41, 5.74) is 1.81. The van der Waals surface area contributed by atoms with Crippen molar-refractivity contribution in [3.63, 3.8) is 0 Å². The molecule has 32 heavy (non-hydrogen) atoms. The summed E-state index contributed by atoms with van der Waals surface area (Å²) in [6.45, 7) is 6.80. The summed E-state index contributed by atoms with van der Waals surface area (Å²) >= 11 is 6.25. The van der Waals surface area contributed by atoms with Gasteiger partial charge in [0.15, 0.2) is 0 Å². The Morgan fingerprint density at radius 2 is 1.75 bits per heavy atom. The zero-order valence-corrected chi connectivity index (χ0v) is 18.8. The van der Waals surface area contributed by atoms with Crippen molar-refractivity contribution in [2.75, 3.05) is 42.9 Å². The van der Waals surface area contributed by atoms with E-state index >= 15 is 0 Å². The summed E-state index contributed by atoms with van der Waals surface area (Å²) < 4.78 is 0. The van der Waals surface area contributed by atoms with E-state index in [4.69, 9.17) is 11.6 Å². The Labute approximate surface area is 191 Å². The highest BCUT2D eigenvalue weighted by Gasteiger charge is 2.22. The Balaban J connectivity index is 1.54. The van der Waals surface area contributed by atoms with Gasteiger partial charge in [0, 0.05) is 56.2 Å². The fraction of sp³-hybridized carbons (Fsp3) is 0.364. The minimum Gasteiger partial charge on any atom is -0.368 e. The molecule has 0 unspecified atom stereocenters. The van der Waals surface area contributed by atoms with Crippen molar-refractivity contribution in [1.29, 1.82) is 0 Å². The van der Waals surface area contributed by atoms with Gasteiger partial charge >= 0.3 is 6.03 Å². The fourth-order valence-electron chi connectivity index (χ4n) is 3.32. The Morgan fingerprint density at radius 1 is 1.09 bits per heavy atom. The number of carbonyl (C=O) groups excluding carboxylic acids is 2. The first-order valence-corrected chi connectivity index (χ1v) is 10.8. The van der Waals surface area contributed by atoms with Crippen LogP contribution in [0.2, 0.25) is 5.02 Å². The maximum atomic E-state index is 12.6. The first-order valence-electron chi connectivity index (χ1n) is 10.4. The van der Waals surface area contributed by atoms with Crippen molar-refractivity contribution in [2.24, 2.45) is 5.92 Å². The van der Waals surface area contributed by atoms with Crippen molar-refractivity contribution < 1.29 is 14.5 Å². The highest BCUT2D eigenvalue weighted by Crippen LogP contribution is 2.23. The van der Waals surface area contributed by atoms with Crippen LogP contribution in [0, 0.1) is 16.0 Å². The summed E-state index contributed by atoms with van der Waals surface area (Å²) in [5, 5.41) is 16.7. The molecule has 3 rings (SSSR count). The quantitative estimate of drug-likeness (QED) is 0.501. The molecule has 0 aromatic heterocycles. The molecule has 10 heteroatoms. The lowest BCUT2D eigenvalue weighted by Gasteiger charge is -2.36. The van der Waals surface area contributed by atoms with Crippen LogP contribution >= 0.6 is 11.6 Å². The fourth-order valence-corrected chi connectivity index (χ4v) is 3.59. The van der Waals surface area contributed by atoms with E-state index < -0.39 is 4.92 Å². The number of nitrogens with one attached hydrogen (secondary N) is 2. The molecule has 1 saturated heterocycles. The van der Waals surface area contributed by atoms with Gasteiger partial charge in [-0.2, -0.15) is 0 Å². The van der Waals surface area contributed by atoms with Gasteiger partial charge < -0.3 is 20.4 Å². The number of nitro benzene ring substituents is 1. The summed E-state index contributed by atoms with van der Waals surface area (Å²) in [6.07, 6.45) is 0. The highest BCUT2D eigenvalue weighted by molar-refractivity contribution is 6.34. The minimum atomic E-state index is -0.428. The second-order valence-corrected chi connectivity index (χ2v) is 8.38. The molecule has 0 aliphatic carbocycles. The zero-order valence-electron chi connectivity index (χ0n) is 18.0. The predicted molar refractivity (Wildman–Crippen MR) is 125 cm³/mol. The van der Waals surface area contributed by atoms with Gasteiger partial charge in [-0.05, 0) is 36.2 Å². The first-order chi connectivity index (χ1) is 15.2. The molecule has 2 aromatic rings. The topological polar surface area (TPSA) is 108 Å². The summed E-state index contributed by atoms with van der Waals surface area (Å²) in [6, 6.07) is 11.0. The number of nitrogens with zero attached hydrogens (tertiary/aromatic N) is 3. The molecule has 3 amide bonds. The largest absolute Gasteiger partial charge is 0.368 e. The number of urea groups is 1. The molecule has 0 spiro atoms. The monoisotopic (exact) mass is 459 g/mol. The van der Waals surface area contributed by atoms with Crippen molar-refractivity contribution >= 4 is 40.6 Å². The number of carbonyl (C=O) groups is 2. The van der Waals surface area contributed by atoms with Crippen LogP contribution in [0.4, 0.5) is 21.9 Å². The molecule has 1 fully saturated rings. The van der Waals surface area contributed by atoms with Crippen LogP contribution < -0.4 is 15.5 Å². The number of nitro groups is 1. The first kappa shape index (κ1) is 23.3. The Bertz CT molecular complexity index is 988. The maximum Gasteiger partial charge on any atom is 0.321 e. The molecular weight excluding hydrogens is 434 g/mol. The maximum absolute atomic E-state index is 12.6. The summed E-state index contributed by atoms with van der Waals surface area (Å²) in [7, 11) is 0. The van der Waals surface area contributed by atoms with E-state index in [9.17, 15) is 19.7 Å². The number of hydrogen-bond acceptors (Lipinski definition) is 5. The van der Waals surface area contributed by atoms with Gasteiger partial charge in [-0.3, -0.25) is 14.9 Å². The number of halogens is 1. The lowest BCUT2D eigenvalue weighted by molar-refractivity contribution is -0.384. The Morgan fingerprint density at radius 3 is 2.31 bits per heavy atom. The molecule has 2 aromatic carbocycles. The SMILES string of the molecule is CC(C)CNC(=O)c1ccc(NC(=O)N2CCN(c3ccc([N+](=O)[O-])cc3)CC2)cc1Cl. The van der Waals surface area contributed by atoms with Crippen molar-refractivity contribution in [2.45, 2.75) is 13.8 Å². The smallest absolute Gasteiger partial charge is 0.321 e. The van der Waals surface area contributed by atoms with E-state index in [0.29, 0.717) is 49.9 Å². The van der Waals surface area contributed by atoms with Gasteiger partial charge in [0.2, 0.25) is 0 Å². The Hall–Kier alpha value is -3.33. The van der Waals surface area contributed by atoms with Gasteiger partial charge in [-0.1, -0.05) is 25.4 Å². The second kappa shape index (κ2) is 10.3. The minimum absolute atomic E-state index is 0.0499. The van der Waals surface area contributed by atoms with E-state index in [2.05, 4.69) is 15.5 Å². The van der Waals surface area contributed by atoms with Crippen LogP contribution in [0.25, 0.3) is 0 Å². The molecule has 0 atom stereocenters. The summed E-state index contributed by atoms with van der Waals surface area (Å²) in [5.74, 6) is 0.0844. The van der Waals surface area contributed by atoms with Gasteiger partial charge in [0.1, 0.15) is 0 Å². The van der Waals surface area contributed by atoms with Gasteiger partial charge in [0.05, 0.1) is 15.5 Å². The van der Waals surface area contributed by atoms with Crippen molar-refractivity contribution in [3.8, 4) is 0 Å². The Kier molecular flexibility index (Phi) is 7.53. The van der Waals surface area contributed by atoms with Crippen LogP contribution in [-0.2, 0) is 0 Å². The number of piperazine rings is 1. The normalized spacial score (nSPS) is 13.8. The van der Waals surface area contributed by atoms with E-state index in [-0.39, 0.29) is 22.6 Å². The van der Waals surface area contributed by atoms with Crippen LogP contribution in [0.3, 0.4) is 0 Å².